The normalized spacial score (nSPS) is 10.3. The van der Waals surface area contributed by atoms with Crippen LogP contribution in [0.4, 0.5) is 11.4 Å². The summed E-state index contributed by atoms with van der Waals surface area (Å²) < 4.78 is 5.32. The molecule has 0 fully saturated rings. The summed E-state index contributed by atoms with van der Waals surface area (Å²) >= 11 is 0. The van der Waals surface area contributed by atoms with Crippen LogP contribution in [-0.4, -0.2) is 19.6 Å². The van der Waals surface area contributed by atoms with Crippen LogP contribution in [0, 0.1) is 20.8 Å². The Balaban J connectivity index is 1.89. The summed E-state index contributed by atoms with van der Waals surface area (Å²) in [5, 5.41) is 6.20. The topological polar surface area (TPSA) is 50.4 Å². The Morgan fingerprint density at radius 2 is 1.70 bits per heavy atom. The minimum absolute atomic E-state index is 0.00544. The minimum Gasteiger partial charge on any atom is -0.495 e. The fraction of sp³-hybridized carbons (Fsp3) is 0.316. The molecule has 0 aliphatic heterocycles. The summed E-state index contributed by atoms with van der Waals surface area (Å²) in [4.78, 5) is 12.1. The van der Waals surface area contributed by atoms with E-state index in [-0.39, 0.29) is 5.91 Å². The molecule has 2 aromatic carbocycles. The van der Waals surface area contributed by atoms with Crippen LogP contribution >= 0.6 is 0 Å². The van der Waals surface area contributed by atoms with Crippen molar-refractivity contribution in [2.75, 3.05) is 24.3 Å². The Kier molecular flexibility index (Phi) is 5.63. The molecule has 0 unspecified atom stereocenters. The maximum Gasteiger partial charge on any atom is 0.226 e. The zero-order valence-corrected chi connectivity index (χ0v) is 14.2. The third-order valence-corrected chi connectivity index (χ3v) is 3.53. The van der Waals surface area contributed by atoms with Gasteiger partial charge < -0.3 is 15.4 Å². The first-order valence-corrected chi connectivity index (χ1v) is 7.74. The Morgan fingerprint density at radius 1 is 1.00 bits per heavy atom. The highest BCUT2D eigenvalue weighted by atomic mass is 16.5. The molecule has 0 saturated heterocycles. The van der Waals surface area contributed by atoms with Gasteiger partial charge in [0.15, 0.2) is 0 Å². The van der Waals surface area contributed by atoms with Crippen molar-refractivity contribution in [3.63, 3.8) is 0 Å². The lowest BCUT2D eigenvalue weighted by molar-refractivity contribution is -0.115. The zero-order chi connectivity index (χ0) is 16.8. The molecule has 4 heteroatoms. The van der Waals surface area contributed by atoms with Gasteiger partial charge in [-0.15, -0.1) is 0 Å². The van der Waals surface area contributed by atoms with E-state index in [2.05, 4.69) is 16.7 Å². The first kappa shape index (κ1) is 16.9. The predicted octanol–water partition coefficient (Wildman–Crippen LogP) is 4.06. The van der Waals surface area contributed by atoms with Crippen molar-refractivity contribution in [2.45, 2.75) is 27.2 Å². The molecule has 0 aromatic heterocycles. The number of anilines is 2. The van der Waals surface area contributed by atoms with E-state index in [1.165, 1.54) is 0 Å². The van der Waals surface area contributed by atoms with Crippen molar-refractivity contribution in [3.8, 4) is 5.75 Å². The van der Waals surface area contributed by atoms with E-state index < -0.39 is 0 Å². The van der Waals surface area contributed by atoms with Gasteiger partial charge in [-0.25, -0.2) is 0 Å². The van der Waals surface area contributed by atoms with Crippen molar-refractivity contribution in [1.82, 2.24) is 0 Å². The van der Waals surface area contributed by atoms with Gasteiger partial charge in [-0.2, -0.15) is 0 Å². The van der Waals surface area contributed by atoms with Crippen LogP contribution in [0.3, 0.4) is 0 Å². The van der Waals surface area contributed by atoms with E-state index in [0.717, 1.165) is 33.8 Å². The van der Waals surface area contributed by atoms with E-state index in [0.29, 0.717) is 13.0 Å². The highest BCUT2D eigenvalue weighted by Crippen LogP contribution is 2.25. The quantitative estimate of drug-likeness (QED) is 0.845. The molecule has 2 rings (SSSR count). The maximum absolute atomic E-state index is 12.1. The number of hydrogen-bond acceptors (Lipinski definition) is 3. The molecule has 0 aliphatic rings. The standard InChI is InChI=1S/C19H24N2O2/c1-13-5-6-18(23-4)17(12-13)20-8-7-19(22)21-16-10-14(2)9-15(3)11-16/h5-6,9-12,20H,7-8H2,1-4H3,(H,21,22). The van der Waals surface area contributed by atoms with Crippen molar-refractivity contribution in [3.05, 3.63) is 53.1 Å². The molecule has 0 spiro atoms. The molecule has 122 valence electrons. The number of amides is 1. The Morgan fingerprint density at radius 3 is 2.35 bits per heavy atom. The SMILES string of the molecule is COc1ccc(C)cc1NCCC(=O)Nc1cc(C)cc(C)c1. The molecule has 0 heterocycles. The van der Waals surface area contributed by atoms with Crippen LogP contribution in [0.15, 0.2) is 36.4 Å². The highest BCUT2D eigenvalue weighted by Gasteiger charge is 2.06. The fourth-order valence-corrected chi connectivity index (χ4v) is 2.54. The molecule has 0 aliphatic carbocycles. The second kappa shape index (κ2) is 7.68. The number of carbonyl (C=O) groups excluding carboxylic acids is 1. The fourth-order valence-electron chi connectivity index (χ4n) is 2.54. The zero-order valence-electron chi connectivity index (χ0n) is 14.2. The highest BCUT2D eigenvalue weighted by molar-refractivity contribution is 5.91. The summed E-state index contributed by atoms with van der Waals surface area (Å²) in [7, 11) is 1.64. The van der Waals surface area contributed by atoms with Gasteiger partial charge >= 0.3 is 0 Å². The summed E-state index contributed by atoms with van der Waals surface area (Å²) in [6, 6.07) is 12.0. The molecule has 0 bridgehead atoms. The summed E-state index contributed by atoms with van der Waals surface area (Å²) in [6.07, 6.45) is 0.393. The van der Waals surface area contributed by atoms with Crippen molar-refractivity contribution >= 4 is 17.3 Å². The molecule has 0 atom stereocenters. The van der Waals surface area contributed by atoms with E-state index in [1.807, 2.05) is 51.1 Å². The molecular weight excluding hydrogens is 288 g/mol. The lowest BCUT2D eigenvalue weighted by atomic mass is 10.1. The number of ether oxygens (including phenoxy) is 1. The number of nitrogens with one attached hydrogen (secondary N) is 2. The van der Waals surface area contributed by atoms with Gasteiger partial charge in [0, 0.05) is 18.7 Å². The van der Waals surface area contributed by atoms with Crippen molar-refractivity contribution in [2.24, 2.45) is 0 Å². The van der Waals surface area contributed by atoms with E-state index >= 15 is 0 Å². The molecule has 2 N–H and O–H groups in total. The Labute approximate surface area is 137 Å². The van der Waals surface area contributed by atoms with Crippen LogP contribution in [-0.2, 0) is 4.79 Å². The molecule has 0 radical (unpaired) electrons. The third-order valence-electron chi connectivity index (χ3n) is 3.53. The number of hydrogen-bond donors (Lipinski definition) is 2. The second-order valence-corrected chi connectivity index (χ2v) is 5.81. The molecule has 1 amide bonds. The summed E-state index contributed by atoms with van der Waals surface area (Å²) in [5.41, 5.74) is 5.19. The van der Waals surface area contributed by atoms with Gasteiger partial charge in [0.2, 0.25) is 5.91 Å². The van der Waals surface area contributed by atoms with Gasteiger partial charge in [0.25, 0.3) is 0 Å². The summed E-state index contributed by atoms with van der Waals surface area (Å²) in [6.45, 7) is 6.62. The van der Waals surface area contributed by atoms with E-state index in [1.54, 1.807) is 7.11 Å². The van der Waals surface area contributed by atoms with Crippen LogP contribution in [0.1, 0.15) is 23.1 Å². The number of rotatable bonds is 6. The average molecular weight is 312 g/mol. The van der Waals surface area contributed by atoms with Gasteiger partial charge in [-0.05, 0) is 61.7 Å². The molecular formula is C19H24N2O2. The number of carbonyl (C=O) groups is 1. The number of aryl methyl sites for hydroxylation is 3. The van der Waals surface area contributed by atoms with Crippen molar-refractivity contribution in [1.29, 1.82) is 0 Å². The maximum atomic E-state index is 12.1. The average Bonchev–Trinajstić information content (AvgIpc) is 2.46. The molecule has 23 heavy (non-hydrogen) atoms. The van der Waals surface area contributed by atoms with Gasteiger partial charge in [0.05, 0.1) is 12.8 Å². The van der Waals surface area contributed by atoms with Gasteiger partial charge in [-0.1, -0.05) is 12.1 Å². The lowest BCUT2D eigenvalue weighted by Crippen LogP contribution is -2.16. The molecule has 0 saturated carbocycles. The Bertz CT molecular complexity index is 676. The van der Waals surface area contributed by atoms with Crippen LogP contribution in [0.25, 0.3) is 0 Å². The van der Waals surface area contributed by atoms with Crippen molar-refractivity contribution < 1.29 is 9.53 Å². The predicted molar refractivity (Wildman–Crippen MR) is 95.4 cm³/mol. The monoisotopic (exact) mass is 312 g/mol. The van der Waals surface area contributed by atoms with E-state index in [4.69, 9.17) is 4.74 Å². The first-order valence-electron chi connectivity index (χ1n) is 7.74. The lowest BCUT2D eigenvalue weighted by Gasteiger charge is -2.12. The molecule has 2 aromatic rings. The third kappa shape index (κ3) is 5.02. The minimum atomic E-state index is -0.00544. The largest absolute Gasteiger partial charge is 0.495 e. The smallest absolute Gasteiger partial charge is 0.226 e. The van der Waals surface area contributed by atoms with Crippen LogP contribution in [0.5, 0.6) is 5.75 Å². The van der Waals surface area contributed by atoms with Crippen LogP contribution in [0.2, 0.25) is 0 Å². The van der Waals surface area contributed by atoms with E-state index in [9.17, 15) is 4.79 Å². The number of methoxy groups -OCH3 is 1. The van der Waals surface area contributed by atoms with Gasteiger partial charge in [0.1, 0.15) is 5.75 Å². The molecule has 4 nitrogen and oxygen atoms in total. The first-order chi connectivity index (χ1) is 11.0. The Hall–Kier alpha value is -2.49. The van der Waals surface area contributed by atoms with Gasteiger partial charge in [-0.3, -0.25) is 4.79 Å². The second-order valence-electron chi connectivity index (χ2n) is 5.81. The number of benzene rings is 2. The summed E-state index contributed by atoms with van der Waals surface area (Å²) in [5.74, 6) is 0.777. The van der Waals surface area contributed by atoms with Crippen LogP contribution < -0.4 is 15.4 Å².